The zero-order chi connectivity index (χ0) is 15.5. The minimum Gasteiger partial charge on any atom is -0.394 e. The van der Waals surface area contributed by atoms with Crippen molar-refractivity contribution in [2.24, 2.45) is 0 Å². The third-order valence-corrected chi connectivity index (χ3v) is 4.29. The molecule has 6 heteroatoms. The Balaban J connectivity index is 1.78. The molecule has 1 aliphatic rings. The molecule has 22 heavy (non-hydrogen) atoms. The molecule has 1 aromatic heterocycles. The van der Waals surface area contributed by atoms with Crippen molar-refractivity contribution < 1.29 is 5.11 Å². The van der Waals surface area contributed by atoms with Gasteiger partial charge in [0.05, 0.1) is 6.61 Å². The van der Waals surface area contributed by atoms with E-state index in [0.29, 0.717) is 5.95 Å². The van der Waals surface area contributed by atoms with Crippen LogP contribution >= 0.6 is 15.9 Å². The topological polar surface area (TPSA) is 61.3 Å². The minimum absolute atomic E-state index is 0.0551. The maximum absolute atomic E-state index is 9.11. The summed E-state index contributed by atoms with van der Waals surface area (Å²) < 4.78 is 1.13. The SMILES string of the molecule is C[C@@H](CO)Nc1nccc(N2CCc3cc(Br)ccc3C2)n1. The molecule has 1 atom stereocenters. The van der Waals surface area contributed by atoms with Gasteiger partial charge in [0.1, 0.15) is 5.82 Å². The first-order valence-electron chi connectivity index (χ1n) is 7.38. The molecule has 1 aliphatic heterocycles. The Bertz CT molecular complexity index is 664. The average Bonchev–Trinajstić information content (AvgIpc) is 2.54. The van der Waals surface area contributed by atoms with Gasteiger partial charge < -0.3 is 15.3 Å². The Kier molecular flexibility index (Phi) is 4.59. The number of nitrogens with one attached hydrogen (secondary N) is 1. The Morgan fingerprint density at radius 1 is 1.36 bits per heavy atom. The minimum atomic E-state index is -0.0605. The fraction of sp³-hybridized carbons (Fsp3) is 0.375. The first-order chi connectivity index (χ1) is 10.7. The van der Waals surface area contributed by atoms with Crippen LogP contribution in [0.3, 0.4) is 0 Å². The van der Waals surface area contributed by atoms with Crippen molar-refractivity contribution in [3.63, 3.8) is 0 Å². The zero-order valence-electron chi connectivity index (χ0n) is 12.5. The maximum atomic E-state index is 9.11. The molecule has 5 nitrogen and oxygen atoms in total. The fourth-order valence-corrected chi connectivity index (χ4v) is 2.99. The molecule has 0 saturated carbocycles. The second-order valence-electron chi connectivity index (χ2n) is 5.55. The summed E-state index contributed by atoms with van der Waals surface area (Å²) in [6.45, 7) is 3.74. The molecule has 0 radical (unpaired) electrons. The van der Waals surface area contributed by atoms with Crippen molar-refractivity contribution >= 4 is 27.7 Å². The van der Waals surface area contributed by atoms with Crippen LogP contribution in [0.1, 0.15) is 18.1 Å². The molecule has 0 bridgehead atoms. The van der Waals surface area contributed by atoms with Gasteiger partial charge in [0.25, 0.3) is 0 Å². The number of aliphatic hydroxyl groups excluding tert-OH is 1. The molecule has 0 unspecified atom stereocenters. The van der Waals surface area contributed by atoms with E-state index in [2.05, 4.69) is 54.3 Å². The van der Waals surface area contributed by atoms with Crippen LogP contribution in [0.5, 0.6) is 0 Å². The predicted octanol–water partition coefficient (Wildman–Crippen LogP) is 2.59. The number of fused-ring (bicyclic) bond motifs is 1. The molecule has 2 heterocycles. The summed E-state index contributed by atoms with van der Waals surface area (Å²) in [5, 5.41) is 12.2. The van der Waals surface area contributed by atoms with E-state index in [9.17, 15) is 0 Å². The Morgan fingerprint density at radius 3 is 3.05 bits per heavy atom. The number of nitrogens with zero attached hydrogens (tertiary/aromatic N) is 3. The fourth-order valence-electron chi connectivity index (χ4n) is 2.58. The van der Waals surface area contributed by atoms with Crippen LogP contribution in [0, 0.1) is 0 Å². The van der Waals surface area contributed by atoms with Crippen molar-refractivity contribution in [3.8, 4) is 0 Å². The molecule has 2 aromatic rings. The molecule has 0 saturated heterocycles. The number of aromatic nitrogens is 2. The largest absolute Gasteiger partial charge is 0.394 e. The Labute approximate surface area is 138 Å². The molecule has 2 N–H and O–H groups in total. The van der Waals surface area contributed by atoms with Gasteiger partial charge in [0.2, 0.25) is 5.95 Å². The van der Waals surface area contributed by atoms with E-state index < -0.39 is 0 Å². The van der Waals surface area contributed by atoms with Crippen LogP contribution in [-0.2, 0) is 13.0 Å². The number of rotatable bonds is 4. The van der Waals surface area contributed by atoms with E-state index in [0.717, 1.165) is 29.8 Å². The number of aliphatic hydroxyl groups is 1. The molecular formula is C16H19BrN4O. The van der Waals surface area contributed by atoms with Crippen LogP contribution in [0.25, 0.3) is 0 Å². The molecule has 0 spiro atoms. The highest BCUT2D eigenvalue weighted by molar-refractivity contribution is 9.10. The standard InChI is InChI=1S/C16H19BrN4O/c1-11(10-22)19-16-18-6-4-15(20-16)21-7-5-12-8-14(17)3-2-13(12)9-21/h2-4,6,8,11,22H,5,7,9-10H2,1H3,(H,18,19,20)/t11-/m0/s1. The molecule has 0 aliphatic carbocycles. The molecular weight excluding hydrogens is 344 g/mol. The van der Waals surface area contributed by atoms with E-state index in [1.54, 1.807) is 6.20 Å². The van der Waals surface area contributed by atoms with Gasteiger partial charge in [0.15, 0.2) is 0 Å². The monoisotopic (exact) mass is 362 g/mol. The van der Waals surface area contributed by atoms with Crippen LogP contribution in [0.2, 0.25) is 0 Å². The number of hydrogen-bond donors (Lipinski definition) is 2. The highest BCUT2D eigenvalue weighted by atomic mass is 79.9. The summed E-state index contributed by atoms with van der Waals surface area (Å²) in [4.78, 5) is 11.0. The first-order valence-corrected chi connectivity index (χ1v) is 8.17. The Morgan fingerprint density at radius 2 is 2.23 bits per heavy atom. The normalized spacial score (nSPS) is 15.3. The van der Waals surface area contributed by atoms with Crippen molar-refractivity contribution in [1.82, 2.24) is 9.97 Å². The van der Waals surface area contributed by atoms with Gasteiger partial charge in [-0.2, -0.15) is 4.98 Å². The second-order valence-corrected chi connectivity index (χ2v) is 6.47. The quantitative estimate of drug-likeness (QED) is 0.875. The lowest BCUT2D eigenvalue weighted by Gasteiger charge is -2.30. The van der Waals surface area contributed by atoms with Gasteiger partial charge in [-0.25, -0.2) is 4.98 Å². The van der Waals surface area contributed by atoms with Crippen LogP contribution in [0.4, 0.5) is 11.8 Å². The number of benzene rings is 1. The highest BCUT2D eigenvalue weighted by Gasteiger charge is 2.18. The van der Waals surface area contributed by atoms with E-state index >= 15 is 0 Å². The number of hydrogen-bond acceptors (Lipinski definition) is 5. The van der Waals surface area contributed by atoms with Crippen molar-refractivity contribution in [3.05, 3.63) is 46.1 Å². The lowest BCUT2D eigenvalue weighted by molar-refractivity contribution is 0.281. The zero-order valence-corrected chi connectivity index (χ0v) is 14.0. The third kappa shape index (κ3) is 3.39. The predicted molar refractivity (Wildman–Crippen MR) is 91.1 cm³/mol. The second kappa shape index (κ2) is 6.62. The third-order valence-electron chi connectivity index (χ3n) is 3.79. The summed E-state index contributed by atoms with van der Waals surface area (Å²) >= 11 is 3.53. The van der Waals surface area contributed by atoms with Gasteiger partial charge in [0, 0.05) is 29.8 Å². The van der Waals surface area contributed by atoms with Crippen molar-refractivity contribution in [1.29, 1.82) is 0 Å². The van der Waals surface area contributed by atoms with Crippen LogP contribution in [-0.4, -0.2) is 34.3 Å². The summed E-state index contributed by atoms with van der Waals surface area (Å²) in [5.41, 5.74) is 2.73. The summed E-state index contributed by atoms with van der Waals surface area (Å²) in [5.74, 6) is 1.47. The molecule has 0 fully saturated rings. The van der Waals surface area contributed by atoms with E-state index in [4.69, 9.17) is 5.11 Å². The van der Waals surface area contributed by atoms with Crippen molar-refractivity contribution in [2.75, 3.05) is 23.4 Å². The average molecular weight is 363 g/mol. The summed E-state index contributed by atoms with van der Waals surface area (Å²) in [6, 6.07) is 8.31. The van der Waals surface area contributed by atoms with Gasteiger partial charge in [-0.15, -0.1) is 0 Å². The summed E-state index contributed by atoms with van der Waals surface area (Å²) in [6.07, 6.45) is 2.76. The molecule has 116 valence electrons. The number of halogens is 1. The van der Waals surface area contributed by atoms with E-state index in [-0.39, 0.29) is 12.6 Å². The van der Waals surface area contributed by atoms with Gasteiger partial charge >= 0.3 is 0 Å². The molecule has 3 rings (SSSR count). The maximum Gasteiger partial charge on any atom is 0.224 e. The van der Waals surface area contributed by atoms with E-state index in [1.165, 1.54) is 11.1 Å². The van der Waals surface area contributed by atoms with Gasteiger partial charge in [-0.3, -0.25) is 0 Å². The smallest absolute Gasteiger partial charge is 0.224 e. The summed E-state index contributed by atoms with van der Waals surface area (Å²) in [7, 11) is 0. The van der Waals surface area contributed by atoms with Crippen molar-refractivity contribution in [2.45, 2.75) is 25.9 Å². The van der Waals surface area contributed by atoms with Gasteiger partial charge in [-0.05, 0) is 42.7 Å². The molecule has 1 aromatic carbocycles. The lowest BCUT2D eigenvalue weighted by atomic mass is 10.00. The lowest BCUT2D eigenvalue weighted by Crippen LogP contribution is -2.31. The van der Waals surface area contributed by atoms with Gasteiger partial charge in [-0.1, -0.05) is 22.0 Å². The Hall–Kier alpha value is -1.66. The van der Waals surface area contributed by atoms with Crippen LogP contribution < -0.4 is 10.2 Å². The van der Waals surface area contributed by atoms with E-state index in [1.807, 2.05) is 13.0 Å². The van der Waals surface area contributed by atoms with Crippen LogP contribution in [0.15, 0.2) is 34.9 Å². The highest BCUT2D eigenvalue weighted by Crippen LogP contribution is 2.25. The molecule has 0 amide bonds. The first kappa shape index (κ1) is 15.2. The number of anilines is 2.